The fraction of sp³-hybridized carbons (Fsp3) is 0.909. The van der Waals surface area contributed by atoms with Gasteiger partial charge >= 0.3 is 0 Å². The normalized spacial score (nSPS) is 27.4. The van der Waals surface area contributed by atoms with Crippen molar-refractivity contribution in [2.45, 2.75) is 37.6 Å². The van der Waals surface area contributed by atoms with Gasteiger partial charge in [-0.3, -0.25) is 4.90 Å². The maximum Gasteiger partial charge on any atom is 0.0867 e. The van der Waals surface area contributed by atoms with Gasteiger partial charge in [-0.1, -0.05) is 19.3 Å². The molecule has 1 heterocycles. The standard InChI is InChI=1S/C11H19N3/c12-6-8-14-9-7-13-11(10-14)4-2-1-3-5-11/h13H,1-5,7-10H2. The molecule has 1 saturated heterocycles. The van der Waals surface area contributed by atoms with E-state index in [-0.39, 0.29) is 0 Å². The summed E-state index contributed by atoms with van der Waals surface area (Å²) in [5.41, 5.74) is 0.355. The second-order valence-electron chi connectivity index (χ2n) is 4.64. The zero-order valence-electron chi connectivity index (χ0n) is 8.76. The van der Waals surface area contributed by atoms with Gasteiger partial charge in [-0.2, -0.15) is 5.26 Å². The van der Waals surface area contributed by atoms with Crippen molar-refractivity contribution in [2.75, 3.05) is 26.2 Å². The molecule has 14 heavy (non-hydrogen) atoms. The van der Waals surface area contributed by atoms with E-state index < -0.39 is 0 Å². The zero-order valence-corrected chi connectivity index (χ0v) is 8.76. The third kappa shape index (κ3) is 2.08. The summed E-state index contributed by atoms with van der Waals surface area (Å²) in [6.45, 7) is 3.78. The number of nitrogens with one attached hydrogen (secondary N) is 1. The molecule has 3 nitrogen and oxygen atoms in total. The quantitative estimate of drug-likeness (QED) is 0.634. The van der Waals surface area contributed by atoms with Crippen molar-refractivity contribution >= 4 is 0 Å². The largest absolute Gasteiger partial charge is 0.309 e. The molecule has 3 heteroatoms. The molecule has 0 unspecified atom stereocenters. The minimum absolute atomic E-state index is 0.355. The summed E-state index contributed by atoms with van der Waals surface area (Å²) in [6, 6.07) is 2.26. The Morgan fingerprint density at radius 2 is 2.07 bits per heavy atom. The molecular weight excluding hydrogens is 174 g/mol. The summed E-state index contributed by atoms with van der Waals surface area (Å²) in [5.74, 6) is 0. The molecule has 0 aromatic heterocycles. The smallest absolute Gasteiger partial charge is 0.0867 e. The van der Waals surface area contributed by atoms with Crippen LogP contribution in [-0.2, 0) is 0 Å². The van der Waals surface area contributed by atoms with Crippen LogP contribution in [0, 0.1) is 11.3 Å². The van der Waals surface area contributed by atoms with Gasteiger partial charge in [-0.05, 0) is 12.8 Å². The lowest BCUT2D eigenvalue weighted by molar-refractivity contribution is 0.109. The van der Waals surface area contributed by atoms with Gasteiger partial charge in [0.15, 0.2) is 0 Å². The van der Waals surface area contributed by atoms with Crippen LogP contribution >= 0.6 is 0 Å². The van der Waals surface area contributed by atoms with Gasteiger partial charge in [-0.25, -0.2) is 0 Å². The summed E-state index contributed by atoms with van der Waals surface area (Å²) in [4.78, 5) is 2.29. The fourth-order valence-electron chi connectivity index (χ4n) is 2.84. The van der Waals surface area contributed by atoms with Crippen molar-refractivity contribution in [1.82, 2.24) is 10.2 Å². The molecule has 0 radical (unpaired) electrons. The van der Waals surface area contributed by atoms with Crippen LogP contribution in [0.4, 0.5) is 0 Å². The van der Waals surface area contributed by atoms with E-state index >= 15 is 0 Å². The first kappa shape index (κ1) is 9.95. The molecule has 2 rings (SSSR count). The molecule has 0 amide bonds. The predicted molar refractivity (Wildman–Crippen MR) is 55.9 cm³/mol. The molecule has 1 N–H and O–H groups in total. The van der Waals surface area contributed by atoms with Crippen molar-refractivity contribution in [2.24, 2.45) is 0 Å². The Morgan fingerprint density at radius 3 is 2.79 bits per heavy atom. The van der Waals surface area contributed by atoms with Crippen molar-refractivity contribution in [3.05, 3.63) is 0 Å². The molecular formula is C11H19N3. The third-order valence-electron chi connectivity index (χ3n) is 3.56. The molecule has 0 aromatic rings. The Labute approximate surface area is 86.1 Å². The maximum atomic E-state index is 8.69. The van der Waals surface area contributed by atoms with E-state index in [0.29, 0.717) is 12.1 Å². The van der Waals surface area contributed by atoms with Gasteiger partial charge in [0.05, 0.1) is 12.6 Å². The molecule has 2 fully saturated rings. The summed E-state index contributed by atoms with van der Waals surface area (Å²) < 4.78 is 0. The minimum atomic E-state index is 0.355. The number of nitrogens with zero attached hydrogens (tertiary/aromatic N) is 2. The molecule has 1 aliphatic carbocycles. The van der Waals surface area contributed by atoms with Crippen LogP contribution in [0.15, 0.2) is 0 Å². The average molecular weight is 193 g/mol. The summed E-state index contributed by atoms with van der Waals surface area (Å²) in [5, 5.41) is 12.4. The Hall–Kier alpha value is -0.590. The summed E-state index contributed by atoms with van der Waals surface area (Å²) >= 11 is 0. The van der Waals surface area contributed by atoms with Gasteiger partial charge in [0.1, 0.15) is 0 Å². The van der Waals surface area contributed by atoms with Gasteiger partial charge in [0, 0.05) is 25.2 Å². The number of piperazine rings is 1. The molecule has 78 valence electrons. The molecule has 0 aromatic carbocycles. The monoisotopic (exact) mass is 193 g/mol. The van der Waals surface area contributed by atoms with Crippen molar-refractivity contribution in [3.63, 3.8) is 0 Å². The van der Waals surface area contributed by atoms with Gasteiger partial charge in [0.25, 0.3) is 0 Å². The van der Waals surface area contributed by atoms with Crippen LogP contribution < -0.4 is 5.32 Å². The lowest BCUT2D eigenvalue weighted by atomic mass is 9.80. The van der Waals surface area contributed by atoms with Crippen LogP contribution in [0.1, 0.15) is 32.1 Å². The summed E-state index contributed by atoms with van der Waals surface area (Å²) in [7, 11) is 0. The molecule has 0 atom stereocenters. The van der Waals surface area contributed by atoms with Gasteiger partial charge in [0.2, 0.25) is 0 Å². The second-order valence-corrected chi connectivity index (χ2v) is 4.64. The second kappa shape index (κ2) is 4.29. The molecule has 0 bridgehead atoms. The minimum Gasteiger partial charge on any atom is -0.309 e. The van der Waals surface area contributed by atoms with Crippen molar-refractivity contribution in [3.8, 4) is 6.07 Å². The van der Waals surface area contributed by atoms with E-state index in [0.717, 1.165) is 19.6 Å². The Morgan fingerprint density at radius 1 is 1.29 bits per heavy atom. The first-order chi connectivity index (χ1) is 6.85. The maximum absolute atomic E-state index is 8.69. The lowest BCUT2D eigenvalue weighted by Gasteiger charge is -2.45. The van der Waals surface area contributed by atoms with E-state index in [1.54, 1.807) is 0 Å². The Bertz CT molecular complexity index is 220. The highest BCUT2D eigenvalue weighted by Crippen LogP contribution is 2.30. The first-order valence-electron chi connectivity index (χ1n) is 5.69. The Kier molecular flexibility index (Phi) is 3.05. The van der Waals surface area contributed by atoms with Crippen molar-refractivity contribution < 1.29 is 0 Å². The highest BCUT2D eigenvalue weighted by molar-refractivity contribution is 4.98. The molecule has 1 spiro atoms. The first-order valence-corrected chi connectivity index (χ1v) is 5.69. The molecule has 1 saturated carbocycles. The number of nitriles is 1. The highest BCUT2D eigenvalue weighted by atomic mass is 15.2. The van der Waals surface area contributed by atoms with Gasteiger partial charge in [-0.15, -0.1) is 0 Å². The van der Waals surface area contributed by atoms with Crippen LogP contribution in [-0.4, -0.2) is 36.6 Å². The van der Waals surface area contributed by atoms with Crippen LogP contribution in [0.25, 0.3) is 0 Å². The van der Waals surface area contributed by atoms with Crippen LogP contribution in [0.2, 0.25) is 0 Å². The number of hydrogen-bond acceptors (Lipinski definition) is 3. The van der Waals surface area contributed by atoms with Gasteiger partial charge < -0.3 is 5.32 Å². The lowest BCUT2D eigenvalue weighted by Crippen LogP contribution is -2.61. The Balaban J connectivity index is 1.95. The van der Waals surface area contributed by atoms with Crippen molar-refractivity contribution in [1.29, 1.82) is 5.26 Å². The predicted octanol–water partition coefficient (Wildman–Crippen LogP) is 1.12. The summed E-state index contributed by atoms with van der Waals surface area (Å²) in [6.07, 6.45) is 6.70. The number of hydrogen-bond donors (Lipinski definition) is 1. The van der Waals surface area contributed by atoms with E-state index in [1.165, 1.54) is 32.1 Å². The topological polar surface area (TPSA) is 39.1 Å². The molecule has 2 aliphatic rings. The number of rotatable bonds is 1. The van der Waals surface area contributed by atoms with Crippen LogP contribution in [0.3, 0.4) is 0 Å². The highest BCUT2D eigenvalue weighted by Gasteiger charge is 2.35. The zero-order chi connectivity index (χ0) is 9.86. The average Bonchev–Trinajstić information content (AvgIpc) is 2.19. The van der Waals surface area contributed by atoms with E-state index in [9.17, 15) is 0 Å². The fourth-order valence-corrected chi connectivity index (χ4v) is 2.84. The third-order valence-corrected chi connectivity index (χ3v) is 3.56. The van der Waals surface area contributed by atoms with E-state index in [4.69, 9.17) is 5.26 Å². The van der Waals surface area contributed by atoms with Crippen LogP contribution in [0.5, 0.6) is 0 Å². The van der Waals surface area contributed by atoms with E-state index in [2.05, 4.69) is 16.3 Å². The van der Waals surface area contributed by atoms with E-state index in [1.807, 2.05) is 0 Å². The SMILES string of the molecule is N#CCN1CCNC2(CCCCC2)C1. The molecule has 1 aliphatic heterocycles.